The zero-order valence-electron chi connectivity index (χ0n) is 14.6. The van der Waals surface area contributed by atoms with E-state index in [2.05, 4.69) is 9.88 Å². The Morgan fingerprint density at radius 3 is 2.62 bits per heavy atom. The first kappa shape index (κ1) is 18.2. The van der Waals surface area contributed by atoms with E-state index in [0.717, 1.165) is 16.9 Å². The molecule has 0 aliphatic carbocycles. The molecule has 3 rings (SSSR count). The van der Waals surface area contributed by atoms with Crippen molar-refractivity contribution in [2.24, 2.45) is 0 Å². The van der Waals surface area contributed by atoms with Gasteiger partial charge in [0, 0.05) is 24.6 Å². The number of benzene rings is 2. The number of nitrogens with one attached hydrogen (secondary N) is 1. The Morgan fingerprint density at radius 2 is 1.88 bits per heavy atom. The lowest BCUT2D eigenvalue weighted by Gasteiger charge is -2.05. The third-order valence-electron chi connectivity index (χ3n) is 3.92. The van der Waals surface area contributed by atoms with Crippen LogP contribution < -0.4 is 9.46 Å². The number of hydrogen-bond donors (Lipinski definition) is 1. The summed E-state index contributed by atoms with van der Waals surface area (Å²) in [5.41, 5.74) is 2.54. The highest BCUT2D eigenvalue weighted by Crippen LogP contribution is 2.24. The van der Waals surface area contributed by atoms with Crippen LogP contribution in [0.25, 0.3) is 11.3 Å². The summed E-state index contributed by atoms with van der Waals surface area (Å²) in [6.07, 6.45) is 0.429. The molecule has 0 radical (unpaired) electrons. The van der Waals surface area contributed by atoms with Crippen LogP contribution in [0.3, 0.4) is 0 Å². The maximum absolute atomic E-state index is 12.3. The predicted molar refractivity (Wildman–Crippen MR) is 98.6 cm³/mol. The largest absolute Gasteiger partial charge is 0.497 e. The standard InChI is InChI=1S/C19H20N2O4S/c1-14-6-8-18(9-7-14)26(22,23)20-11-10-16-13-19(25-21-16)15-4-3-5-17(12-15)24-2/h3-9,12-13,20H,10-11H2,1-2H3. The van der Waals surface area contributed by atoms with E-state index in [9.17, 15) is 8.42 Å². The van der Waals surface area contributed by atoms with Gasteiger partial charge in [0.05, 0.1) is 17.7 Å². The molecule has 136 valence electrons. The summed E-state index contributed by atoms with van der Waals surface area (Å²) in [7, 11) is -1.92. The van der Waals surface area contributed by atoms with Crippen LogP contribution in [-0.4, -0.2) is 27.2 Å². The third kappa shape index (κ3) is 4.30. The van der Waals surface area contributed by atoms with Crippen molar-refractivity contribution in [2.75, 3.05) is 13.7 Å². The van der Waals surface area contributed by atoms with Crippen molar-refractivity contribution in [1.82, 2.24) is 9.88 Å². The molecule has 0 bridgehead atoms. The van der Waals surface area contributed by atoms with Gasteiger partial charge in [0.15, 0.2) is 5.76 Å². The van der Waals surface area contributed by atoms with Crippen LogP contribution in [0.2, 0.25) is 0 Å². The van der Waals surface area contributed by atoms with Crippen LogP contribution >= 0.6 is 0 Å². The highest BCUT2D eigenvalue weighted by atomic mass is 32.2. The van der Waals surface area contributed by atoms with Gasteiger partial charge in [-0.05, 0) is 31.2 Å². The highest BCUT2D eigenvalue weighted by Gasteiger charge is 2.14. The van der Waals surface area contributed by atoms with E-state index < -0.39 is 10.0 Å². The first-order valence-electron chi connectivity index (χ1n) is 8.14. The molecule has 0 aliphatic rings. The van der Waals surface area contributed by atoms with E-state index in [-0.39, 0.29) is 11.4 Å². The number of nitrogens with zero attached hydrogens (tertiary/aromatic N) is 1. The average Bonchev–Trinajstić information content (AvgIpc) is 3.11. The summed E-state index contributed by atoms with van der Waals surface area (Å²) in [6, 6.07) is 16.0. The molecular formula is C19H20N2O4S. The van der Waals surface area contributed by atoms with Crippen LogP contribution in [0.4, 0.5) is 0 Å². The molecule has 0 aliphatic heterocycles. The van der Waals surface area contributed by atoms with Crippen molar-refractivity contribution in [3.63, 3.8) is 0 Å². The summed E-state index contributed by atoms with van der Waals surface area (Å²) in [6.45, 7) is 2.15. The first-order chi connectivity index (χ1) is 12.5. The number of methoxy groups -OCH3 is 1. The zero-order chi connectivity index (χ0) is 18.6. The smallest absolute Gasteiger partial charge is 0.240 e. The monoisotopic (exact) mass is 372 g/mol. The average molecular weight is 372 g/mol. The Hall–Kier alpha value is -2.64. The minimum absolute atomic E-state index is 0.236. The molecular weight excluding hydrogens is 352 g/mol. The molecule has 1 aromatic heterocycles. The molecule has 0 atom stereocenters. The number of aromatic nitrogens is 1. The summed E-state index contributed by atoms with van der Waals surface area (Å²) in [5, 5.41) is 4.00. The molecule has 1 N–H and O–H groups in total. The molecule has 0 fully saturated rings. The predicted octanol–water partition coefficient (Wildman–Crippen LogP) is 3.18. The van der Waals surface area contributed by atoms with Crippen LogP contribution in [-0.2, 0) is 16.4 Å². The Morgan fingerprint density at radius 1 is 1.12 bits per heavy atom. The molecule has 0 saturated carbocycles. The summed E-state index contributed by atoms with van der Waals surface area (Å²) >= 11 is 0. The molecule has 6 nitrogen and oxygen atoms in total. The van der Waals surface area contributed by atoms with Gasteiger partial charge in [-0.15, -0.1) is 0 Å². The van der Waals surface area contributed by atoms with Gasteiger partial charge in [-0.25, -0.2) is 13.1 Å². The second kappa shape index (κ2) is 7.72. The minimum Gasteiger partial charge on any atom is -0.497 e. The van der Waals surface area contributed by atoms with Gasteiger partial charge in [-0.1, -0.05) is 35.0 Å². The van der Waals surface area contributed by atoms with Gasteiger partial charge in [0.1, 0.15) is 5.75 Å². The van der Waals surface area contributed by atoms with Crippen molar-refractivity contribution in [1.29, 1.82) is 0 Å². The molecule has 2 aromatic carbocycles. The maximum atomic E-state index is 12.3. The Balaban J connectivity index is 1.62. The van der Waals surface area contributed by atoms with E-state index in [0.29, 0.717) is 17.9 Å². The molecule has 3 aromatic rings. The Labute approximate surface area is 152 Å². The quantitative estimate of drug-likeness (QED) is 0.689. The van der Waals surface area contributed by atoms with Gasteiger partial charge < -0.3 is 9.26 Å². The number of aryl methyl sites for hydroxylation is 1. The Kier molecular flexibility index (Phi) is 5.39. The molecule has 1 heterocycles. The summed E-state index contributed by atoms with van der Waals surface area (Å²) in [5.74, 6) is 1.34. The number of rotatable bonds is 7. The minimum atomic E-state index is -3.53. The topological polar surface area (TPSA) is 81.4 Å². The molecule has 0 spiro atoms. The molecule has 0 saturated heterocycles. The van der Waals surface area contributed by atoms with Gasteiger partial charge in [-0.3, -0.25) is 0 Å². The molecule has 0 amide bonds. The van der Waals surface area contributed by atoms with E-state index in [1.54, 1.807) is 37.4 Å². The zero-order valence-corrected chi connectivity index (χ0v) is 15.4. The summed E-state index contributed by atoms with van der Waals surface area (Å²) in [4.78, 5) is 0.250. The fourth-order valence-corrected chi connectivity index (χ4v) is 3.49. The second-order valence-corrected chi connectivity index (χ2v) is 7.64. The van der Waals surface area contributed by atoms with Crippen LogP contribution in [0, 0.1) is 6.92 Å². The number of hydrogen-bond acceptors (Lipinski definition) is 5. The van der Waals surface area contributed by atoms with Crippen LogP contribution in [0.1, 0.15) is 11.3 Å². The first-order valence-corrected chi connectivity index (χ1v) is 9.62. The van der Waals surface area contributed by atoms with Crippen molar-refractivity contribution in [3.8, 4) is 17.1 Å². The van der Waals surface area contributed by atoms with Crippen molar-refractivity contribution >= 4 is 10.0 Å². The van der Waals surface area contributed by atoms with E-state index in [1.807, 2.05) is 31.2 Å². The SMILES string of the molecule is COc1cccc(-c2cc(CCNS(=O)(=O)c3ccc(C)cc3)no2)c1. The maximum Gasteiger partial charge on any atom is 0.240 e. The third-order valence-corrected chi connectivity index (χ3v) is 5.39. The van der Waals surface area contributed by atoms with Gasteiger partial charge in [0.25, 0.3) is 0 Å². The Bertz CT molecular complexity index is 979. The van der Waals surface area contributed by atoms with Crippen molar-refractivity contribution < 1.29 is 17.7 Å². The van der Waals surface area contributed by atoms with Crippen molar-refractivity contribution in [3.05, 3.63) is 65.9 Å². The van der Waals surface area contributed by atoms with E-state index in [4.69, 9.17) is 9.26 Å². The van der Waals surface area contributed by atoms with Crippen LogP contribution in [0.15, 0.2) is 64.0 Å². The van der Waals surface area contributed by atoms with E-state index in [1.165, 1.54) is 0 Å². The number of sulfonamides is 1. The molecule has 0 unspecified atom stereocenters. The van der Waals surface area contributed by atoms with Crippen molar-refractivity contribution in [2.45, 2.75) is 18.2 Å². The molecule has 7 heteroatoms. The van der Waals surface area contributed by atoms with Gasteiger partial charge in [-0.2, -0.15) is 0 Å². The van der Waals surface area contributed by atoms with Gasteiger partial charge >= 0.3 is 0 Å². The highest BCUT2D eigenvalue weighted by molar-refractivity contribution is 7.89. The number of ether oxygens (including phenoxy) is 1. The normalized spacial score (nSPS) is 11.5. The van der Waals surface area contributed by atoms with Crippen LogP contribution in [0.5, 0.6) is 5.75 Å². The van der Waals surface area contributed by atoms with E-state index >= 15 is 0 Å². The second-order valence-electron chi connectivity index (χ2n) is 5.88. The lowest BCUT2D eigenvalue weighted by molar-refractivity contribution is 0.412. The summed E-state index contributed by atoms with van der Waals surface area (Å²) < 4.78 is 37.6. The lowest BCUT2D eigenvalue weighted by Crippen LogP contribution is -2.26. The molecule has 26 heavy (non-hydrogen) atoms. The fraction of sp³-hybridized carbons (Fsp3) is 0.211. The lowest BCUT2D eigenvalue weighted by atomic mass is 10.1. The fourth-order valence-electron chi connectivity index (χ4n) is 2.46. The van der Waals surface area contributed by atoms with Gasteiger partial charge in [0.2, 0.25) is 10.0 Å².